The molecule has 0 N–H and O–H groups in total. The molecule has 5 heteroatoms. The zero-order valence-corrected chi connectivity index (χ0v) is 10.9. The maximum Gasteiger partial charge on any atom is 0.317 e. The lowest BCUT2D eigenvalue weighted by Crippen LogP contribution is -2.42. The summed E-state index contributed by atoms with van der Waals surface area (Å²) in [5.41, 5.74) is 0. The third-order valence-corrected chi connectivity index (χ3v) is 7.26. The molecule has 3 nitrogen and oxygen atoms in total. The maximum atomic E-state index is 11.8. The monoisotopic (exact) mass is 246 g/mol. The predicted molar refractivity (Wildman–Crippen MR) is 59.7 cm³/mol. The van der Waals surface area contributed by atoms with Gasteiger partial charge in [-0.25, -0.2) is 0 Å². The van der Waals surface area contributed by atoms with Crippen LogP contribution in [0, 0.1) is 5.92 Å². The van der Waals surface area contributed by atoms with Crippen LogP contribution in [0.4, 0.5) is 0 Å². The van der Waals surface area contributed by atoms with Crippen molar-refractivity contribution in [1.82, 2.24) is 0 Å². The normalized spacial score (nSPS) is 40.5. The van der Waals surface area contributed by atoms with Gasteiger partial charge in [0.05, 0.1) is 19.8 Å². The van der Waals surface area contributed by atoms with E-state index in [1.165, 1.54) is 0 Å². The first-order chi connectivity index (χ1) is 6.98. The highest BCUT2D eigenvalue weighted by Gasteiger charge is 2.61. The highest BCUT2D eigenvalue weighted by Crippen LogP contribution is 2.55. The fraction of sp³-hybridized carbons (Fsp3) is 0.800. The van der Waals surface area contributed by atoms with E-state index in [0.29, 0.717) is 6.42 Å². The molecule has 3 unspecified atom stereocenters. The second-order valence-corrected chi connectivity index (χ2v) is 8.78. The van der Waals surface area contributed by atoms with E-state index < -0.39 is 13.8 Å². The van der Waals surface area contributed by atoms with Crippen LogP contribution in [-0.4, -0.2) is 26.1 Å². The Hall–Kier alpha value is -0.353. The molecule has 0 aromatic heterocycles. The summed E-state index contributed by atoms with van der Waals surface area (Å²) in [6.07, 6.45) is 2.17. The summed E-state index contributed by atoms with van der Waals surface area (Å²) in [7, 11) is -1.26. The molecule has 3 atom stereocenters. The Labute approximate surface area is 95.7 Å². The van der Waals surface area contributed by atoms with Crippen LogP contribution in [0.5, 0.6) is 0 Å². The predicted octanol–water partition coefficient (Wildman–Crippen LogP) is 1.70. The van der Waals surface area contributed by atoms with Gasteiger partial charge in [-0.3, -0.25) is 9.59 Å². The number of rotatable bonds is 1. The van der Waals surface area contributed by atoms with Gasteiger partial charge in [0.2, 0.25) is 0 Å². The molecular weight excluding hydrogens is 232 g/mol. The quantitative estimate of drug-likeness (QED) is 0.306. The van der Waals surface area contributed by atoms with Gasteiger partial charge in [-0.1, -0.05) is 13.1 Å². The summed E-state index contributed by atoms with van der Waals surface area (Å²) in [5.74, 6) is -0.873. The smallest absolute Gasteiger partial charge is 0.317 e. The molecule has 2 aliphatic rings. The van der Waals surface area contributed by atoms with Crippen molar-refractivity contribution in [2.75, 3.05) is 0 Å². The Kier molecular flexibility index (Phi) is 2.67. The lowest BCUT2D eigenvalue weighted by atomic mass is 9.79. The molecule has 2 fully saturated rings. The second-order valence-electron chi connectivity index (χ2n) is 4.83. The van der Waals surface area contributed by atoms with Crippen LogP contribution in [0.25, 0.3) is 0 Å². The van der Waals surface area contributed by atoms with E-state index >= 15 is 0 Å². The highest BCUT2D eigenvalue weighted by atomic mass is 35.5. The molecule has 0 amide bonds. The first kappa shape index (κ1) is 11.1. The van der Waals surface area contributed by atoms with Crippen molar-refractivity contribution in [1.29, 1.82) is 0 Å². The van der Waals surface area contributed by atoms with Crippen LogP contribution in [0.15, 0.2) is 0 Å². The minimum absolute atomic E-state index is 0.0225. The number of hydrogen-bond acceptors (Lipinski definition) is 3. The lowest BCUT2D eigenvalue weighted by molar-refractivity contribution is -0.153. The van der Waals surface area contributed by atoms with Gasteiger partial charge in [0.15, 0.2) is 0 Å². The van der Waals surface area contributed by atoms with Crippen molar-refractivity contribution in [3.63, 3.8) is 0 Å². The zero-order valence-electron chi connectivity index (χ0n) is 8.96. The topological polar surface area (TPSA) is 43.4 Å². The lowest BCUT2D eigenvalue weighted by Gasteiger charge is -2.38. The van der Waals surface area contributed by atoms with Gasteiger partial charge in [-0.2, -0.15) is 0 Å². The van der Waals surface area contributed by atoms with Crippen LogP contribution in [0.1, 0.15) is 19.3 Å². The van der Waals surface area contributed by atoms with Crippen molar-refractivity contribution < 1.29 is 14.3 Å². The van der Waals surface area contributed by atoms with Gasteiger partial charge in [-0.15, -0.1) is 11.6 Å². The van der Waals surface area contributed by atoms with Crippen molar-refractivity contribution in [3.8, 4) is 0 Å². The van der Waals surface area contributed by atoms with E-state index in [4.69, 9.17) is 16.3 Å². The zero-order chi connectivity index (χ0) is 11.2. The van der Waals surface area contributed by atoms with E-state index in [1.54, 1.807) is 0 Å². The number of cyclic esters (lactones) is 2. The van der Waals surface area contributed by atoms with Crippen molar-refractivity contribution in [3.05, 3.63) is 0 Å². The van der Waals surface area contributed by atoms with E-state index in [2.05, 4.69) is 13.1 Å². The van der Waals surface area contributed by atoms with Gasteiger partial charge < -0.3 is 4.74 Å². The third-order valence-electron chi connectivity index (χ3n) is 3.87. The number of fused-ring (bicyclic) bond motifs is 1. The largest absolute Gasteiger partial charge is 0.393 e. The number of alkyl halides is 1. The molecule has 0 bridgehead atoms. The molecule has 1 aliphatic carbocycles. The van der Waals surface area contributed by atoms with Gasteiger partial charge in [0.25, 0.3) is 0 Å². The van der Waals surface area contributed by atoms with Crippen molar-refractivity contribution in [2.24, 2.45) is 5.92 Å². The van der Waals surface area contributed by atoms with Crippen molar-refractivity contribution in [2.45, 2.75) is 42.8 Å². The first-order valence-electron chi connectivity index (χ1n) is 5.38. The average molecular weight is 247 g/mol. The van der Waals surface area contributed by atoms with E-state index in [1.807, 2.05) is 0 Å². The number of carbonyl (C=O) groups excluding carboxylic acids is 2. The summed E-state index contributed by atoms with van der Waals surface area (Å²) in [6.45, 7) is 4.23. The Bertz CT molecular complexity index is 318. The first-order valence-corrected chi connectivity index (χ1v) is 8.71. The molecule has 0 spiro atoms. The molecule has 1 heterocycles. The highest BCUT2D eigenvalue weighted by molar-refractivity contribution is 6.65. The van der Waals surface area contributed by atoms with E-state index in [0.717, 1.165) is 12.8 Å². The number of carbonyl (C=O) groups is 2. The van der Waals surface area contributed by atoms with Gasteiger partial charge in [0.1, 0.15) is 0 Å². The Balaban J connectivity index is 2.38. The molecule has 15 heavy (non-hydrogen) atoms. The van der Waals surface area contributed by atoms with Crippen LogP contribution in [0.3, 0.4) is 0 Å². The summed E-state index contributed by atoms with van der Waals surface area (Å²) in [6, 6.07) is 0. The summed E-state index contributed by atoms with van der Waals surface area (Å²) >= 11 is 6.06. The van der Waals surface area contributed by atoms with Crippen LogP contribution < -0.4 is 0 Å². The molecule has 84 valence electrons. The third kappa shape index (κ3) is 1.46. The summed E-state index contributed by atoms with van der Waals surface area (Å²) < 4.78 is 4.82. The van der Waals surface area contributed by atoms with E-state index in [9.17, 15) is 9.59 Å². The summed E-state index contributed by atoms with van der Waals surface area (Å²) in [5, 5.41) is -0.433. The SMILES string of the molecule is C[SiH](C)C12CCC(Cl)CC1C(=O)OC2=O. The number of halogens is 1. The Morgan fingerprint density at radius 1 is 1.47 bits per heavy atom. The molecule has 1 saturated heterocycles. The average Bonchev–Trinajstić information content (AvgIpc) is 2.40. The van der Waals surface area contributed by atoms with Gasteiger partial charge in [-0.05, 0) is 19.3 Å². The van der Waals surface area contributed by atoms with Crippen molar-refractivity contribution >= 4 is 32.3 Å². The number of ether oxygens (including phenoxy) is 1. The minimum atomic E-state index is -1.26. The van der Waals surface area contributed by atoms with E-state index in [-0.39, 0.29) is 23.2 Å². The fourth-order valence-corrected chi connectivity index (χ4v) is 5.53. The fourth-order valence-electron chi connectivity index (χ4n) is 2.89. The molecular formula is C10H15ClO3Si. The molecule has 0 radical (unpaired) electrons. The molecule has 2 rings (SSSR count). The van der Waals surface area contributed by atoms with Crippen LogP contribution >= 0.6 is 11.6 Å². The Morgan fingerprint density at radius 2 is 2.13 bits per heavy atom. The number of hydrogen-bond donors (Lipinski definition) is 0. The molecule has 1 aliphatic heterocycles. The Morgan fingerprint density at radius 3 is 2.73 bits per heavy atom. The maximum absolute atomic E-state index is 11.8. The standard InChI is InChI=1S/C10H15ClO3Si/c1-15(2)10-4-3-6(11)5-7(10)8(12)14-9(10)13/h6-7,15H,3-5H2,1-2H3. The second kappa shape index (κ2) is 3.59. The molecule has 0 aromatic carbocycles. The minimum Gasteiger partial charge on any atom is -0.393 e. The number of esters is 2. The van der Waals surface area contributed by atoms with Gasteiger partial charge >= 0.3 is 11.9 Å². The van der Waals surface area contributed by atoms with Gasteiger partial charge in [0, 0.05) is 5.38 Å². The summed E-state index contributed by atoms with van der Waals surface area (Å²) in [4.78, 5) is 23.4. The molecule has 0 aromatic rings. The van der Waals surface area contributed by atoms with Crippen LogP contribution in [-0.2, 0) is 14.3 Å². The molecule has 1 saturated carbocycles. The van der Waals surface area contributed by atoms with Crippen LogP contribution in [0.2, 0.25) is 18.1 Å².